The molecule has 1 heterocycles. The number of carbonyl (C=O) groups is 1. The van der Waals surface area contributed by atoms with Crippen molar-refractivity contribution in [3.63, 3.8) is 0 Å². The van der Waals surface area contributed by atoms with Crippen LogP contribution in [0.1, 0.15) is 44.9 Å². The first-order valence-corrected chi connectivity index (χ1v) is 5.58. The number of fused-ring (bicyclic) bond motifs is 1. The molecule has 0 aromatic rings. The van der Waals surface area contributed by atoms with E-state index in [9.17, 15) is 4.79 Å². The zero-order valence-corrected chi connectivity index (χ0v) is 8.01. The minimum absolute atomic E-state index is 0.300. The van der Waals surface area contributed by atoms with E-state index in [4.69, 9.17) is 0 Å². The lowest BCUT2D eigenvalue weighted by Gasteiger charge is -2.33. The van der Waals surface area contributed by atoms with Gasteiger partial charge in [-0.25, -0.2) is 0 Å². The summed E-state index contributed by atoms with van der Waals surface area (Å²) in [6, 6.07) is 0.543. The first kappa shape index (κ1) is 7.84. The lowest BCUT2D eigenvalue weighted by Crippen LogP contribution is -2.42. The van der Waals surface area contributed by atoms with Crippen LogP contribution in [0.5, 0.6) is 0 Å². The van der Waals surface area contributed by atoms with Crippen LogP contribution in [-0.2, 0) is 4.79 Å². The van der Waals surface area contributed by atoms with Gasteiger partial charge in [0.2, 0.25) is 5.91 Å². The molecule has 2 bridgehead atoms. The SMILES string of the molecule is O=C1CCCC23CCC(CC2N1)C3. The Hall–Kier alpha value is -0.530. The van der Waals surface area contributed by atoms with Crippen LogP contribution in [0.4, 0.5) is 0 Å². The Balaban J connectivity index is 1.89. The van der Waals surface area contributed by atoms with Crippen molar-refractivity contribution in [3.05, 3.63) is 0 Å². The molecule has 1 spiro atoms. The monoisotopic (exact) mass is 179 g/mol. The van der Waals surface area contributed by atoms with Gasteiger partial charge in [-0.2, -0.15) is 0 Å². The summed E-state index contributed by atoms with van der Waals surface area (Å²) >= 11 is 0. The van der Waals surface area contributed by atoms with E-state index in [0.29, 0.717) is 17.4 Å². The molecule has 3 aliphatic rings. The molecule has 0 aromatic carbocycles. The van der Waals surface area contributed by atoms with Crippen molar-refractivity contribution in [1.82, 2.24) is 5.32 Å². The van der Waals surface area contributed by atoms with Gasteiger partial charge in [0.25, 0.3) is 0 Å². The molecule has 2 nitrogen and oxygen atoms in total. The smallest absolute Gasteiger partial charge is 0.220 e. The molecule has 0 aromatic heterocycles. The van der Waals surface area contributed by atoms with Gasteiger partial charge >= 0.3 is 0 Å². The highest BCUT2D eigenvalue weighted by atomic mass is 16.1. The largest absolute Gasteiger partial charge is 0.353 e. The molecular formula is C11H17NO. The second kappa shape index (κ2) is 2.49. The summed E-state index contributed by atoms with van der Waals surface area (Å²) in [6.07, 6.45) is 8.66. The van der Waals surface area contributed by atoms with Crippen molar-refractivity contribution in [2.75, 3.05) is 0 Å². The van der Waals surface area contributed by atoms with E-state index in [1.54, 1.807) is 0 Å². The van der Waals surface area contributed by atoms with Gasteiger partial charge in [-0.05, 0) is 49.9 Å². The summed E-state index contributed by atoms with van der Waals surface area (Å²) in [5.74, 6) is 1.23. The number of nitrogens with one attached hydrogen (secondary N) is 1. The maximum absolute atomic E-state index is 11.4. The van der Waals surface area contributed by atoms with Gasteiger partial charge < -0.3 is 5.32 Å². The van der Waals surface area contributed by atoms with Crippen molar-refractivity contribution >= 4 is 5.91 Å². The van der Waals surface area contributed by atoms with Crippen LogP contribution in [0.2, 0.25) is 0 Å². The third-order valence-corrected chi connectivity index (χ3v) is 4.47. The van der Waals surface area contributed by atoms with Gasteiger partial charge in [-0.1, -0.05) is 0 Å². The third-order valence-electron chi connectivity index (χ3n) is 4.47. The third kappa shape index (κ3) is 1.04. The lowest BCUT2D eigenvalue weighted by atomic mass is 9.77. The fourth-order valence-corrected chi connectivity index (χ4v) is 3.85. The van der Waals surface area contributed by atoms with Crippen molar-refractivity contribution in [1.29, 1.82) is 0 Å². The zero-order valence-electron chi connectivity index (χ0n) is 8.01. The van der Waals surface area contributed by atoms with Crippen LogP contribution in [-0.4, -0.2) is 11.9 Å². The molecule has 2 saturated carbocycles. The Labute approximate surface area is 79.1 Å². The zero-order chi connectivity index (χ0) is 8.89. The number of rotatable bonds is 0. The predicted octanol–water partition coefficient (Wildman–Crippen LogP) is 1.85. The van der Waals surface area contributed by atoms with Gasteiger partial charge in [0.05, 0.1) is 0 Å². The van der Waals surface area contributed by atoms with Crippen molar-refractivity contribution < 1.29 is 4.79 Å². The maximum atomic E-state index is 11.4. The Morgan fingerprint density at radius 1 is 1.38 bits per heavy atom. The van der Waals surface area contributed by atoms with E-state index < -0.39 is 0 Å². The van der Waals surface area contributed by atoms with Crippen molar-refractivity contribution in [3.8, 4) is 0 Å². The van der Waals surface area contributed by atoms with Crippen molar-refractivity contribution in [2.45, 2.75) is 51.0 Å². The molecule has 2 heteroatoms. The van der Waals surface area contributed by atoms with E-state index in [1.165, 1.54) is 32.1 Å². The summed E-state index contributed by atoms with van der Waals surface area (Å²) in [6.45, 7) is 0. The number of hydrogen-bond acceptors (Lipinski definition) is 1. The standard InChI is InChI=1S/C11H17NO/c13-10-2-1-4-11-5-3-8(7-11)6-9(11)12-10/h8-9H,1-7H2,(H,12,13). The van der Waals surface area contributed by atoms with Gasteiger partial charge in [0.1, 0.15) is 0 Å². The van der Waals surface area contributed by atoms with Gasteiger partial charge in [-0.3, -0.25) is 4.79 Å². The summed E-state index contributed by atoms with van der Waals surface area (Å²) in [4.78, 5) is 11.4. The molecule has 3 fully saturated rings. The lowest BCUT2D eigenvalue weighted by molar-refractivity contribution is -0.121. The van der Waals surface area contributed by atoms with E-state index in [0.717, 1.165) is 18.8 Å². The molecule has 3 unspecified atom stereocenters. The molecular weight excluding hydrogens is 162 g/mol. The van der Waals surface area contributed by atoms with Crippen LogP contribution < -0.4 is 5.32 Å². The molecule has 1 N–H and O–H groups in total. The average Bonchev–Trinajstić information content (AvgIpc) is 2.57. The Bertz CT molecular complexity index is 250. The first-order chi connectivity index (χ1) is 6.28. The molecule has 2 aliphatic carbocycles. The molecule has 72 valence electrons. The molecule has 13 heavy (non-hydrogen) atoms. The van der Waals surface area contributed by atoms with E-state index in [1.807, 2.05) is 0 Å². The van der Waals surface area contributed by atoms with Gasteiger partial charge in [0, 0.05) is 12.5 Å². The summed E-state index contributed by atoms with van der Waals surface area (Å²) in [7, 11) is 0. The van der Waals surface area contributed by atoms with Crippen molar-refractivity contribution in [2.24, 2.45) is 11.3 Å². The summed E-state index contributed by atoms with van der Waals surface area (Å²) < 4.78 is 0. The second-order valence-corrected chi connectivity index (χ2v) is 5.18. The normalized spacial score (nSPS) is 48.5. The van der Waals surface area contributed by atoms with E-state index in [-0.39, 0.29) is 0 Å². The van der Waals surface area contributed by atoms with Crippen LogP contribution in [0.25, 0.3) is 0 Å². The number of carbonyl (C=O) groups excluding carboxylic acids is 1. The number of amides is 1. The highest BCUT2D eigenvalue weighted by Gasteiger charge is 2.52. The van der Waals surface area contributed by atoms with Crippen LogP contribution >= 0.6 is 0 Å². The van der Waals surface area contributed by atoms with Crippen LogP contribution in [0.15, 0.2) is 0 Å². The Morgan fingerprint density at radius 3 is 3.15 bits per heavy atom. The molecule has 1 aliphatic heterocycles. The topological polar surface area (TPSA) is 29.1 Å². The maximum Gasteiger partial charge on any atom is 0.220 e. The van der Waals surface area contributed by atoms with E-state index >= 15 is 0 Å². The molecule has 0 radical (unpaired) electrons. The minimum Gasteiger partial charge on any atom is -0.353 e. The quantitative estimate of drug-likeness (QED) is 0.604. The number of hydrogen-bond donors (Lipinski definition) is 1. The van der Waals surface area contributed by atoms with E-state index in [2.05, 4.69) is 5.32 Å². The Kier molecular flexibility index (Phi) is 1.50. The summed E-state index contributed by atoms with van der Waals surface area (Å²) in [5.41, 5.74) is 0.539. The minimum atomic E-state index is 0.300. The average molecular weight is 179 g/mol. The molecule has 1 amide bonds. The summed E-state index contributed by atoms with van der Waals surface area (Å²) in [5, 5.41) is 3.22. The Morgan fingerprint density at radius 2 is 2.31 bits per heavy atom. The highest BCUT2D eigenvalue weighted by Crippen LogP contribution is 2.57. The first-order valence-electron chi connectivity index (χ1n) is 5.58. The molecule has 3 atom stereocenters. The molecule has 1 saturated heterocycles. The second-order valence-electron chi connectivity index (χ2n) is 5.18. The van der Waals surface area contributed by atoms with Crippen LogP contribution in [0.3, 0.4) is 0 Å². The molecule has 3 rings (SSSR count). The van der Waals surface area contributed by atoms with Gasteiger partial charge in [0.15, 0.2) is 0 Å². The predicted molar refractivity (Wildman–Crippen MR) is 50.2 cm³/mol. The fraction of sp³-hybridized carbons (Fsp3) is 0.909. The van der Waals surface area contributed by atoms with Gasteiger partial charge in [-0.15, -0.1) is 0 Å². The fourth-order valence-electron chi connectivity index (χ4n) is 3.85. The highest BCUT2D eigenvalue weighted by molar-refractivity contribution is 5.76. The van der Waals surface area contributed by atoms with Crippen LogP contribution in [0, 0.1) is 11.3 Å².